The molecule has 0 fully saturated rings. The van der Waals surface area contributed by atoms with E-state index < -0.39 is 0 Å². The lowest BCUT2D eigenvalue weighted by Gasteiger charge is -2.05. The number of carbonyl (C=O) groups excluding carboxylic acids is 2. The molecule has 0 bridgehead atoms. The van der Waals surface area contributed by atoms with Gasteiger partial charge in [-0.25, -0.2) is 0 Å². The van der Waals surface area contributed by atoms with Crippen molar-refractivity contribution in [3.8, 4) is 0 Å². The molecule has 0 radical (unpaired) electrons. The first kappa shape index (κ1) is 13.0. The number of amides is 2. The van der Waals surface area contributed by atoms with Crippen LogP contribution in [0.2, 0.25) is 0 Å². The molecule has 0 heterocycles. The van der Waals surface area contributed by atoms with Gasteiger partial charge in [0.15, 0.2) is 0 Å². The van der Waals surface area contributed by atoms with Crippen molar-refractivity contribution >= 4 is 17.5 Å². The maximum Gasteiger partial charge on any atom is 0.243 e. The lowest BCUT2D eigenvalue weighted by atomic mass is 10.2. The lowest BCUT2D eigenvalue weighted by Crippen LogP contribution is -2.20. The van der Waals surface area contributed by atoms with Gasteiger partial charge in [0.25, 0.3) is 0 Å². The summed E-state index contributed by atoms with van der Waals surface area (Å²) >= 11 is 0. The van der Waals surface area contributed by atoms with Gasteiger partial charge in [0, 0.05) is 19.2 Å². The topological polar surface area (TPSA) is 58.2 Å². The van der Waals surface area contributed by atoms with Crippen molar-refractivity contribution in [2.24, 2.45) is 0 Å². The molecule has 4 heteroatoms. The second-order valence-electron chi connectivity index (χ2n) is 3.60. The highest BCUT2D eigenvalue weighted by Crippen LogP contribution is 2.09. The summed E-state index contributed by atoms with van der Waals surface area (Å²) in [5.41, 5.74) is 1.73. The molecule has 90 valence electrons. The average molecular weight is 232 g/mol. The highest BCUT2D eigenvalue weighted by molar-refractivity contribution is 5.88. The van der Waals surface area contributed by atoms with Crippen molar-refractivity contribution in [2.75, 3.05) is 5.32 Å². The summed E-state index contributed by atoms with van der Waals surface area (Å²) < 4.78 is 0. The van der Waals surface area contributed by atoms with E-state index in [0.717, 1.165) is 11.3 Å². The first-order valence-corrected chi connectivity index (χ1v) is 5.39. The van der Waals surface area contributed by atoms with E-state index in [1.807, 2.05) is 12.1 Å². The first-order chi connectivity index (χ1) is 8.11. The van der Waals surface area contributed by atoms with Crippen molar-refractivity contribution in [1.29, 1.82) is 0 Å². The van der Waals surface area contributed by atoms with Crippen LogP contribution in [0.3, 0.4) is 0 Å². The molecule has 1 aromatic rings. The zero-order valence-electron chi connectivity index (χ0n) is 9.99. The van der Waals surface area contributed by atoms with Crippen molar-refractivity contribution in [1.82, 2.24) is 5.32 Å². The molecule has 1 rings (SSSR count). The van der Waals surface area contributed by atoms with Gasteiger partial charge < -0.3 is 10.6 Å². The third kappa shape index (κ3) is 4.97. The predicted octanol–water partition coefficient (Wildman–Crippen LogP) is 1.84. The summed E-state index contributed by atoms with van der Waals surface area (Å²) in [6, 6.07) is 7.33. The van der Waals surface area contributed by atoms with Crippen LogP contribution in [-0.2, 0) is 16.1 Å². The minimum Gasteiger partial charge on any atom is -0.348 e. The second-order valence-corrected chi connectivity index (χ2v) is 3.60. The van der Waals surface area contributed by atoms with E-state index in [0.29, 0.717) is 6.54 Å². The number of carbonyl (C=O) groups is 2. The SMILES string of the molecule is CC=CC(=O)NCc1ccc(NC(C)=O)cc1. The van der Waals surface area contributed by atoms with Crippen LogP contribution in [0.25, 0.3) is 0 Å². The molecule has 0 aromatic heterocycles. The van der Waals surface area contributed by atoms with E-state index in [1.165, 1.54) is 13.0 Å². The van der Waals surface area contributed by atoms with E-state index >= 15 is 0 Å². The van der Waals surface area contributed by atoms with Crippen LogP contribution in [0.1, 0.15) is 19.4 Å². The molecular formula is C13H16N2O2. The highest BCUT2D eigenvalue weighted by atomic mass is 16.2. The second kappa shape index (κ2) is 6.48. The third-order valence-corrected chi connectivity index (χ3v) is 2.06. The molecule has 0 spiro atoms. The minimum absolute atomic E-state index is 0.0980. The average Bonchev–Trinajstić information content (AvgIpc) is 2.28. The Bertz CT molecular complexity index is 422. The monoisotopic (exact) mass is 232 g/mol. The Labute approximate surface area is 101 Å². The Morgan fingerprint density at radius 3 is 2.41 bits per heavy atom. The molecule has 1 aromatic carbocycles. The van der Waals surface area contributed by atoms with Crippen LogP contribution in [0.4, 0.5) is 5.69 Å². The summed E-state index contributed by atoms with van der Waals surface area (Å²) in [6.45, 7) is 3.73. The number of nitrogens with one attached hydrogen (secondary N) is 2. The first-order valence-electron chi connectivity index (χ1n) is 5.39. The third-order valence-electron chi connectivity index (χ3n) is 2.06. The van der Waals surface area contributed by atoms with Gasteiger partial charge >= 0.3 is 0 Å². The Hall–Kier alpha value is -2.10. The molecule has 4 nitrogen and oxygen atoms in total. The highest BCUT2D eigenvalue weighted by Gasteiger charge is 1.98. The Morgan fingerprint density at radius 2 is 1.88 bits per heavy atom. The normalized spacial score (nSPS) is 10.2. The van der Waals surface area contributed by atoms with Crippen LogP contribution in [0.5, 0.6) is 0 Å². The summed E-state index contributed by atoms with van der Waals surface area (Å²) in [6.07, 6.45) is 3.17. The maximum atomic E-state index is 11.2. The van der Waals surface area contributed by atoms with Gasteiger partial charge in [-0.15, -0.1) is 0 Å². The number of benzene rings is 1. The minimum atomic E-state index is -0.113. The lowest BCUT2D eigenvalue weighted by molar-refractivity contribution is -0.116. The largest absolute Gasteiger partial charge is 0.348 e. The van der Waals surface area contributed by atoms with Gasteiger partial charge in [-0.3, -0.25) is 9.59 Å². The fourth-order valence-corrected chi connectivity index (χ4v) is 1.31. The smallest absolute Gasteiger partial charge is 0.243 e. The van der Waals surface area contributed by atoms with Crippen molar-refractivity contribution in [3.63, 3.8) is 0 Å². The van der Waals surface area contributed by atoms with Crippen LogP contribution in [0.15, 0.2) is 36.4 Å². The standard InChI is InChI=1S/C13H16N2O2/c1-3-4-13(17)14-9-11-5-7-12(8-6-11)15-10(2)16/h3-8H,9H2,1-2H3,(H,14,17)(H,15,16). The summed E-state index contributed by atoms with van der Waals surface area (Å²) in [5.74, 6) is -0.211. The van der Waals surface area contributed by atoms with Crippen molar-refractivity contribution in [2.45, 2.75) is 20.4 Å². The van der Waals surface area contributed by atoms with Gasteiger partial charge in [-0.05, 0) is 30.7 Å². The van der Waals surface area contributed by atoms with Gasteiger partial charge in [0.05, 0.1) is 0 Å². The Balaban J connectivity index is 2.51. The van der Waals surface area contributed by atoms with Crippen LogP contribution in [0, 0.1) is 0 Å². The Kier molecular flexibility index (Phi) is 4.94. The quantitative estimate of drug-likeness (QED) is 0.778. The summed E-state index contributed by atoms with van der Waals surface area (Å²) in [4.78, 5) is 22.0. The molecule has 0 aliphatic carbocycles. The van der Waals surface area contributed by atoms with E-state index in [4.69, 9.17) is 0 Å². The van der Waals surface area contributed by atoms with Gasteiger partial charge in [0.2, 0.25) is 11.8 Å². The van der Waals surface area contributed by atoms with E-state index in [2.05, 4.69) is 10.6 Å². The van der Waals surface area contributed by atoms with Gasteiger partial charge in [0.1, 0.15) is 0 Å². The van der Waals surface area contributed by atoms with E-state index in [1.54, 1.807) is 25.1 Å². The number of anilines is 1. The Morgan fingerprint density at radius 1 is 1.24 bits per heavy atom. The van der Waals surface area contributed by atoms with Gasteiger partial charge in [-0.2, -0.15) is 0 Å². The number of rotatable bonds is 4. The fraction of sp³-hybridized carbons (Fsp3) is 0.231. The summed E-state index contributed by atoms with van der Waals surface area (Å²) in [7, 11) is 0. The van der Waals surface area contributed by atoms with Crippen molar-refractivity contribution in [3.05, 3.63) is 42.0 Å². The van der Waals surface area contributed by atoms with Crippen LogP contribution in [-0.4, -0.2) is 11.8 Å². The molecule has 0 atom stereocenters. The maximum absolute atomic E-state index is 11.2. The predicted molar refractivity (Wildman–Crippen MR) is 67.4 cm³/mol. The molecule has 0 saturated carbocycles. The molecule has 0 unspecified atom stereocenters. The molecule has 0 aliphatic heterocycles. The molecular weight excluding hydrogens is 216 g/mol. The molecule has 2 amide bonds. The molecule has 17 heavy (non-hydrogen) atoms. The number of allylic oxidation sites excluding steroid dienone is 1. The van der Waals surface area contributed by atoms with E-state index in [-0.39, 0.29) is 11.8 Å². The number of hydrogen-bond donors (Lipinski definition) is 2. The zero-order chi connectivity index (χ0) is 12.7. The fourth-order valence-electron chi connectivity index (χ4n) is 1.31. The van der Waals surface area contributed by atoms with Gasteiger partial charge in [-0.1, -0.05) is 18.2 Å². The molecule has 0 aliphatic rings. The molecule has 2 N–H and O–H groups in total. The van der Waals surface area contributed by atoms with Crippen LogP contribution < -0.4 is 10.6 Å². The van der Waals surface area contributed by atoms with E-state index in [9.17, 15) is 9.59 Å². The van der Waals surface area contributed by atoms with Crippen molar-refractivity contribution < 1.29 is 9.59 Å². The zero-order valence-corrected chi connectivity index (χ0v) is 9.99. The molecule has 0 saturated heterocycles. The van der Waals surface area contributed by atoms with Crippen LogP contribution >= 0.6 is 0 Å². The summed E-state index contributed by atoms with van der Waals surface area (Å²) in [5, 5.41) is 5.43. The number of hydrogen-bond acceptors (Lipinski definition) is 2.